The summed E-state index contributed by atoms with van der Waals surface area (Å²) < 4.78 is 26.9. The summed E-state index contributed by atoms with van der Waals surface area (Å²) in [6, 6.07) is 5.48. The van der Waals surface area contributed by atoms with Crippen LogP contribution in [-0.2, 0) is 0 Å². The molecule has 2 rings (SSSR count). The van der Waals surface area contributed by atoms with Crippen LogP contribution in [0.2, 0.25) is 10.0 Å². The first-order chi connectivity index (χ1) is 7.59. The standard InChI is InChI=1S/C11H5Cl2F2N/c12-6-1-2-8(13)7(5-6)10-9(14)3-4-16-11(10)15/h1-5H. The second-order valence-corrected chi connectivity index (χ2v) is 3.93. The van der Waals surface area contributed by atoms with Gasteiger partial charge in [0.2, 0.25) is 5.95 Å². The van der Waals surface area contributed by atoms with Gasteiger partial charge in [0, 0.05) is 21.8 Å². The molecule has 0 radical (unpaired) electrons. The molecule has 1 aromatic carbocycles. The van der Waals surface area contributed by atoms with Crippen molar-refractivity contribution in [3.05, 3.63) is 52.3 Å². The molecular formula is C11H5Cl2F2N. The Labute approximate surface area is 101 Å². The molecule has 0 aliphatic rings. The van der Waals surface area contributed by atoms with E-state index in [1.165, 1.54) is 12.1 Å². The Morgan fingerprint density at radius 1 is 1.06 bits per heavy atom. The van der Waals surface area contributed by atoms with Crippen LogP contribution < -0.4 is 0 Å². The molecule has 2 aromatic rings. The molecule has 0 aliphatic heterocycles. The van der Waals surface area contributed by atoms with Crippen LogP contribution in [0.25, 0.3) is 11.1 Å². The van der Waals surface area contributed by atoms with Crippen molar-refractivity contribution in [3.63, 3.8) is 0 Å². The smallest absolute Gasteiger partial charge is 0.223 e. The molecule has 1 heterocycles. The maximum absolute atomic E-state index is 13.5. The van der Waals surface area contributed by atoms with Gasteiger partial charge in [0.1, 0.15) is 5.82 Å². The van der Waals surface area contributed by atoms with Gasteiger partial charge in [-0.3, -0.25) is 0 Å². The Hall–Kier alpha value is -1.19. The summed E-state index contributed by atoms with van der Waals surface area (Å²) in [4.78, 5) is 3.38. The minimum atomic E-state index is -0.913. The van der Waals surface area contributed by atoms with Crippen LogP contribution >= 0.6 is 23.2 Å². The highest BCUT2D eigenvalue weighted by Crippen LogP contribution is 2.33. The highest BCUT2D eigenvalue weighted by Gasteiger charge is 2.15. The maximum atomic E-state index is 13.5. The third kappa shape index (κ3) is 2.01. The lowest BCUT2D eigenvalue weighted by molar-refractivity contribution is 0.558. The Kier molecular flexibility index (Phi) is 3.08. The topological polar surface area (TPSA) is 12.9 Å². The molecule has 0 unspecified atom stereocenters. The van der Waals surface area contributed by atoms with Gasteiger partial charge in [-0.25, -0.2) is 9.37 Å². The first-order valence-electron chi connectivity index (χ1n) is 4.35. The van der Waals surface area contributed by atoms with E-state index in [9.17, 15) is 8.78 Å². The van der Waals surface area contributed by atoms with Gasteiger partial charge >= 0.3 is 0 Å². The van der Waals surface area contributed by atoms with E-state index in [1.807, 2.05) is 0 Å². The fraction of sp³-hybridized carbons (Fsp3) is 0. The fourth-order valence-corrected chi connectivity index (χ4v) is 1.73. The van der Waals surface area contributed by atoms with Crippen LogP contribution in [-0.4, -0.2) is 4.98 Å². The van der Waals surface area contributed by atoms with E-state index in [1.54, 1.807) is 6.07 Å². The van der Waals surface area contributed by atoms with E-state index in [2.05, 4.69) is 4.98 Å². The van der Waals surface area contributed by atoms with Crippen LogP contribution in [0.4, 0.5) is 8.78 Å². The van der Waals surface area contributed by atoms with E-state index >= 15 is 0 Å². The summed E-state index contributed by atoms with van der Waals surface area (Å²) in [7, 11) is 0. The molecule has 0 N–H and O–H groups in total. The van der Waals surface area contributed by atoms with Gasteiger partial charge in [-0.2, -0.15) is 4.39 Å². The van der Waals surface area contributed by atoms with Crippen molar-refractivity contribution in [1.29, 1.82) is 0 Å². The summed E-state index contributed by atoms with van der Waals surface area (Å²) in [6.07, 6.45) is 1.05. The van der Waals surface area contributed by atoms with Crippen LogP contribution in [0.15, 0.2) is 30.5 Å². The monoisotopic (exact) mass is 259 g/mol. The summed E-state index contributed by atoms with van der Waals surface area (Å²) >= 11 is 11.6. The molecule has 0 amide bonds. The lowest BCUT2D eigenvalue weighted by atomic mass is 10.1. The quantitative estimate of drug-likeness (QED) is 0.695. The molecule has 0 aliphatic carbocycles. The van der Waals surface area contributed by atoms with Crippen molar-refractivity contribution in [2.24, 2.45) is 0 Å². The molecular weight excluding hydrogens is 255 g/mol. The third-order valence-corrected chi connectivity index (χ3v) is 2.62. The minimum Gasteiger partial charge on any atom is -0.228 e. The van der Waals surface area contributed by atoms with E-state index < -0.39 is 11.8 Å². The normalized spacial score (nSPS) is 10.5. The zero-order chi connectivity index (χ0) is 11.7. The van der Waals surface area contributed by atoms with Crippen molar-refractivity contribution in [2.75, 3.05) is 0 Å². The number of aromatic nitrogens is 1. The maximum Gasteiger partial charge on any atom is 0.223 e. The molecule has 0 fully saturated rings. The van der Waals surface area contributed by atoms with Gasteiger partial charge in [0.25, 0.3) is 0 Å². The van der Waals surface area contributed by atoms with Gasteiger partial charge in [-0.05, 0) is 24.3 Å². The number of hydrogen-bond acceptors (Lipinski definition) is 1. The molecule has 82 valence electrons. The second-order valence-electron chi connectivity index (χ2n) is 3.08. The van der Waals surface area contributed by atoms with Crippen LogP contribution in [0.5, 0.6) is 0 Å². The predicted octanol–water partition coefficient (Wildman–Crippen LogP) is 4.33. The lowest BCUT2D eigenvalue weighted by Gasteiger charge is -2.06. The van der Waals surface area contributed by atoms with Crippen molar-refractivity contribution in [2.45, 2.75) is 0 Å². The van der Waals surface area contributed by atoms with Crippen molar-refractivity contribution in [3.8, 4) is 11.1 Å². The zero-order valence-electron chi connectivity index (χ0n) is 7.85. The molecule has 1 nitrogen and oxygen atoms in total. The second kappa shape index (κ2) is 4.36. The predicted molar refractivity (Wildman–Crippen MR) is 59.6 cm³/mol. The van der Waals surface area contributed by atoms with Crippen LogP contribution in [0, 0.1) is 11.8 Å². The van der Waals surface area contributed by atoms with E-state index in [-0.39, 0.29) is 16.1 Å². The zero-order valence-corrected chi connectivity index (χ0v) is 9.36. The van der Waals surface area contributed by atoms with E-state index in [0.29, 0.717) is 5.02 Å². The first kappa shape index (κ1) is 11.3. The highest BCUT2D eigenvalue weighted by molar-refractivity contribution is 6.35. The molecule has 0 saturated carbocycles. The molecule has 5 heteroatoms. The van der Waals surface area contributed by atoms with Crippen molar-refractivity contribution >= 4 is 23.2 Å². The molecule has 0 saturated heterocycles. The van der Waals surface area contributed by atoms with Crippen molar-refractivity contribution < 1.29 is 8.78 Å². The Balaban J connectivity index is 2.72. The van der Waals surface area contributed by atoms with Crippen LogP contribution in [0.1, 0.15) is 0 Å². The van der Waals surface area contributed by atoms with E-state index in [4.69, 9.17) is 23.2 Å². The molecule has 0 spiro atoms. The Morgan fingerprint density at radius 2 is 1.81 bits per heavy atom. The van der Waals surface area contributed by atoms with E-state index in [0.717, 1.165) is 12.3 Å². The van der Waals surface area contributed by atoms with Gasteiger partial charge in [0.15, 0.2) is 0 Å². The average Bonchev–Trinajstić information content (AvgIpc) is 2.23. The molecule has 16 heavy (non-hydrogen) atoms. The fourth-order valence-electron chi connectivity index (χ4n) is 1.34. The number of hydrogen-bond donors (Lipinski definition) is 0. The van der Waals surface area contributed by atoms with Gasteiger partial charge in [0.05, 0.1) is 5.56 Å². The molecule has 0 atom stereocenters. The first-order valence-corrected chi connectivity index (χ1v) is 5.10. The largest absolute Gasteiger partial charge is 0.228 e. The Morgan fingerprint density at radius 3 is 2.50 bits per heavy atom. The summed E-state index contributed by atoms with van der Waals surface area (Å²) in [5, 5.41) is 0.567. The lowest BCUT2D eigenvalue weighted by Crippen LogP contribution is -1.93. The summed E-state index contributed by atoms with van der Waals surface area (Å²) in [6.45, 7) is 0. The number of pyridine rings is 1. The van der Waals surface area contributed by atoms with Gasteiger partial charge < -0.3 is 0 Å². The van der Waals surface area contributed by atoms with Gasteiger partial charge in [-0.15, -0.1) is 0 Å². The summed E-state index contributed by atoms with van der Waals surface area (Å²) in [5.74, 6) is -1.64. The average molecular weight is 260 g/mol. The van der Waals surface area contributed by atoms with Crippen molar-refractivity contribution in [1.82, 2.24) is 4.98 Å². The molecule has 0 bridgehead atoms. The molecule has 1 aromatic heterocycles. The highest BCUT2D eigenvalue weighted by atomic mass is 35.5. The number of halogens is 4. The van der Waals surface area contributed by atoms with Crippen LogP contribution in [0.3, 0.4) is 0 Å². The van der Waals surface area contributed by atoms with Gasteiger partial charge in [-0.1, -0.05) is 23.2 Å². The Bertz CT molecular complexity index is 523. The number of rotatable bonds is 1. The number of benzene rings is 1. The SMILES string of the molecule is Fc1ccnc(F)c1-c1cc(Cl)ccc1Cl. The summed E-state index contributed by atoms with van der Waals surface area (Å²) in [5.41, 5.74) is -0.0766. The minimum absolute atomic E-state index is 0.192. The third-order valence-electron chi connectivity index (χ3n) is 2.05. The number of nitrogens with zero attached hydrogens (tertiary/aromatic N) is 1.